The van der Waals surface area contributed by atoms with E-state index in [1.807, 2.05) is 0 Å². The van der Waals surface area contributed by atoms with Crippen LogP contribution in [-0.4, -0.2) is 36.0 Å². The monoisotopic (exact) mass is 255 g/mol. The van der Waals surface area contributed by atoms with E-state index in [2.05, 4.69) is 29.1 Å². The van der Waals surface area contributed by atoms with Crippen molar-refractivity contribution in [3.05, 3.63) is 11.9 Å². The maximum atomic E-state index is 5.06. The molecule has 1 N–H and O–H groups in total. The number of aromatic nitrogens is 2. The maximum absolute atomic E-state index is 5.06. The summed E-state index contributed by atoms with van der Waals surface area (Å²) in [5, 5.41) is 4.37. The largest absolute Gasteiger partial charge is 0.384 e. The fourth-order valence-electron chi connectivity index (χ4n) is 1.54. The van der Waals surface area contributed by atoms with Crippen molar-refractivity contribution in [3.8, 4) is 0 Å². The zero-order chi connectivity index (χ0) is 12.5. The lowest BCUT2D eigenvalue weighted by atomic mass is 10.2. The van der Waals surface area contributed by atoms with Crippen LogP contribution in [0.1, 0.15) is 25.8 Å². The molecule has 0 saturated heterocycles. The highest BCUT2D eigenvalue weighted by Gasteiger charge is 2.10. The van der Waals surface area contributed by atoms with Crippen molar-refractivity contribution in [2.45, 2.75) is 31.7 Å². The Morgan fingerprint density at radius 2 is 2.18 bits per heavy atom. The minimum Gasteiger partial charge on any atom is -0.384 e. The molecular formula is C12H21N3OS. The molecule has 96 valence electrons. The molecule has 1 aromatic rings. The second kappa shape index (κ2) is 8.31. The second-order valence-corrected chi connectivity index (χ2v) is 4.71. The molecule has 1 aromatic heterocycles. The van der Waals surface area contributed by atoms with Crippen LogP contribution < -0.4 is 5.32 Å². The first-order chi connectivity index (χ1) is 8.33. The highest BCUT2D eigenvalue weighted by Crippen LogP contribution is 2.25. The van der Waals surface area contributed by atoms with Gasteiger partial charge in [-0.3, -0.25) is 0 Å². The Bertz CT molecular complexity index is 334. The van der Waals surface area contributed by atoms with Crippen LogP contribution in [0.15, 0.2) is 11.4 Å². The molecule has 1 rings (SSSR count). The third kappa shape index (κ3) is 4.52. The van der Waals surface area contributed by atoms with Crippen molar-refractivity contribution in [2.75, 3.05) is 31.3 Å². The summed E-state index contributed by atoms with van der Waals surface area (Å²) in [6.45, 7) is 5.88. The minimum absolute atomic E-state index is 0.747. The number of anilines is 1. The molecular weight excluding hydrogens is 234 g/mol. The van der Waals surface area contributed by atoms with Crippen molar-refractivity contribution in [3.63, 3.8) is 0 Å². The number of nitrogens with zero attached hydrogens (tertiary/aromatic N) is 2. The summed E-state index contributed by atoms with van der Waals surface area (Å²) in [7, 11) is 1.72. The van der Waals surface area contributed by atoms with E-state index in [1.54, 1.807) is 25.2 Å². The smallest absolute Gasteiger partial charge is 0.133 e. The summed E-state index contributed by atoms with van der Waals surface area (Å²) < 4.78 is 5.06. The van der Waals surface area contributed by atoms with E-state index in [4.69, 9.17) is 4.74 Å². The minimum atomic E-state index is 0.747. The molecule has 5 heteroatoms. The van der Waals surface area contributed by atoms with Gasteiger partial charge in [-0.15, -0.1) is 11.8 Å². The lowest BCUT2D eigenvalue weighted by Crippen LogP contribution is -2.06. The highest BCUT2D eigenvalue weighted by molar-refractivity contribution is 7.99. The summed E-state index contributed by atoms with van der Waals surface area (Å²) in [6.07, 6.45) is 3.74. The maximum Gasteiger partial charge on any atom is 0.133 e. The van der Waals surface area contributed by atoms with Gasteiger partial charge in [-0.05, 0) is 13.3 Å². The normalized spacial score (nSPS) is 10.5. The van der Waals surface area contributed by atoms with Crippen molar-refractivity contribution >= 4 is 17.6 Å². The standard InChI is InChI=1S/C12H21N3OS/c1-4-6-10-11(13-5-2)14-9-15-12(10)17-8-7-16-3/h9H,4-8H2,1-3H3,(H,13,14,15). The van der Waals surface area contributed by atoms with E-state index < -0.39 is 0 Å². The fraction of sp³-hybridized carbons (Fsp3) is 0.667. The lowest BCUT2D eigenvalue weighted by Gasteiger charge is -2.12. The van der Waals surface area contributed by atoms with Crippen LogP contribution in [0.5, 0.6) is 0 Å². The fourth-order valence-corrected chi connectivity index (χ4v) is 2.48. The van der Waals surface area contributed by atoms with Gasteiger partial charge in [0.1, 0.15) is 17.2 Å². The Kier molecular flexibility index (Phi) is 6.96. The quantitative estimate of drug-likeness (QED) is 0.439. The molecule has 17 heavy (non-hydrogen) atoms. The topological polar surface area (TPSA) is 47.0 Å². The molecule has 4 nitrogen and oxygen atoms in total. The SMILES string of the molecule is CCCc1c(NCC)ncnc1SCCOC. The van der Waals surface area contributed by atoms with Crippen LogP contribution in [0.3, 0.4) is 0 Å². The van der Waals surface area contributed by atoms with E-state index in [1.165, 1.54) is 5.56 Å². The molecule has 0 unspecified atom stereocenters. The van der Waals surface area contributed by atoms with Gasteiger partial charge < -0.3 is 10.1 Å². The third-order valence-corrected chi connectivity index (χ3v) is 3.27. The predicted molar refractivity (Wildman–Crippen MR) is 72.8 cm³/mol. The summed E-state index contributed by atoms with van der Waals surface area (Å²) >= 11 is 1.74. The average molecular weight is 255 g/mol. The molecule has 0 atom stereocenters. The molecule has 0 bridgehead atoms. The van der Waals surface area contributed by atoms with E-state index in [9.17, 15) is 0 Å². The average Bonchev–Trinajstić information content (AvgIpc) is 2.33. The molecule has 0 saturated carbocycles. The van der Waals surface area contributed by atoms with Crippen LogP contribution >= 0.6 is 11.8 Å². The summed E-state index contributed by atoms with van der Waals surface area (Å²) in [5.74, 6) is 1.90. The summed E-state index contributed by atoms with van der Waals surface area (Å²) in [4.78, 5) is 8.68. The first-order valence-electron chi connectivity index (χ1n) is 6.02. The van der Waals surface area contributed by atoms with Crippen molar-refractivity contribution in [1.29, 1.82) is 0 Å². The van der Waals surface area contributed by atoms with Gasteiger partial charge in [0.25, 0.3) is 0 Å². The van der Waals surface area contributed by atoms with Gasteiger partial charge in [0, 0.05) is 25.0 Å². The van der Waals surface area contributed by atoms with Gasteiger partial charge in [0.2, 0.25) is 0 Å². The zero-order valence-electron chi connectivity index (χ0n) is 10.8. The van der Waals surface area contributed by atoms with Crippen LogP contribution in [0.4, 0.5) is 5.82 Å². The number of thioether (sulfide) groups is 1. The first kappa shape index (κ1) is 14.3. The Morgan fingerprint density at radius 1 is 1.35 bits per heavy atom. The first-order valence-corrected chi connectivity index (χ1v) is 7.01. The number of rotatable bonds is 8. The predicted octanol–water partition coefficient (Wildman–Crippen LogP) is 2.60. The van der Waals surface area contributed by atoms with Gasteiger partial charge in [-0.25, -0.2) is 9.97 Å². The van der Waals surface area contributed by atoms with Gasteiger partial charge in [-0.1, -0.05) is 13.3 Å². The summed E-state index contributed by atoms with van der Waals surface area (Å²) in [6, 6.07) is 0. The number of hydrogen-bond acceptors (Lipinski definition) is 5. The van der Waals surface area contributed by atoms with Crippen molar-refractivity contribution in [1.82, 2.24) is 9.97 Å². The van der Waals surface area contributed by atoms with Crippen molar-refractivity contribution in [2.24, 2.45) is 0 Å². The number of hydrogen-bond donors (Lipinski definition) is 1. The van der Waals surface area contributed by atoms with E-state index >= 15 is 0 Å². The summed E-state index contributed by atoms with van der Waals surface area (Å²) in [5.41, 5.74) is 1.23. The third-order valence-electron chi connectivity index (χ3n) is 2.28. The van der Waals surface area contributed by atoms with Crippen LogP contribution in [0.25, 0.3) is 0 Å². The number of nitrogens with one attached hydrogen (secondary N) is 1. The van der Waals surface area contributed by atoms with Crippen LogP contribution in [-0.2, 0) is 11.2 Å². The molecule has 0 aromatic carbocycles. The van der Waals surface area contributed by atoms with Gasteiger partial charge in [0.15, 0.2) is 0 Å². The van der Waals surface area contributed by atoms with Gasteiger partial charge in [-0.2, -0.15) is 0 Å². The molecule has 0 aliphatic heterocycles. The Morgan fingerprint density at radius 3 is 2.82 bits per heavy atom. The van der Waals surface area contributed by atoms with E-state index in [0.29, 0.717) is 0 Å². The van der Waals surface area contributed by atoms with Gasteiger partial charge in [0.05, 0.1) is 6.61 Å². The molecule has 0 aliphatic carbocycles. The molecule has 0 aliphatic rings. The van der Waals surface area contributed by atoms with Crippen molar-refractivity contribution < 1.29 is 4.74 Å². The molecule has 0 fully saturated rings. The van der Waals surface area contributed by atoms with Gasteiger partial charge >= 0.3 is 0 Å². The Labute approximate surface area is 108 Å². The molecule has 0 amide bonds. The number of methoxy groups -OCH3 is 1. The number of ether oxygens (including phenoxy) is 1. The molecule has 1 heterocycles. The van der Waals surface area contributed by atoms with E-state index in [-0.39, 0.29) is 0 Å². The lowest BCUT2D eigenvalue weighted by molar-refractivity contribution is 0.218. The second-order valence-electron chi connectivity index (χ2n) is 3.63. The zero-order valence-corrected chi connectivity index (χ0v) is 11.6. The van der Waals surface area contributed by atoms with E-state index in [0.717, 1.165) is 42.6 Å². The Balaban J connectivity index is 2.81. The molecule has 0 spiro atoms. The van der Waals surface area contributed by atoms with Crippen LogP contribution in [0.2, 0.25) is 0 Å². The highest BCUT2D eigenvalue weighted by atomic mass is 32.2. The Hall–Kier alpha value is -0.810. The van der Waals surface area contributed by atoms with Crippen LogP contribution in [0, 0.1) is 0 Å². The molecule has 0 radical (unpaired) electrons.